The van der Waals surface area contributed by atoms with Crippen LogP contribution in [0.3, 0.4) is 0 Å². The Morgan fingerprint density at radius 3 is 2.53 bits per heavy atom. The first kappa shape index (κ1) is 14.4. The van der Waals surface area contributed by atoms with Gasteiger partial charge >= 0.3 is 0 Å². The Labute approximate surface area is 112 Å². The number of halogens is 1. The Kier molecular flexibility index (Phi) is 4.53. The van der Waals surface area contributed by atoms with E-state index in [4.69, 9.17) is 0 Å². The molecule has 0 aliphatic rings. The second-order valence-electron chi connectivity index (χ2n) is 5.38. The highest BCUT2D eigenvalue weighted by Gasteiger charge is 2.24. The van der Waals surface area contributed by atoms with Gasteiger partial charge in [0, 0.05) is 13.0 Å². The molecule has 0 spiro atoms. The summed E-state index contributed by atoms with van der Waals surface area (Å²) in [5, 5.41) is 4.48. The molecule has 0 aliphatic carbocycles. The number of carbonyl (C=O) groups excluding carboxylic acids is 1. The lowest BCUT2D eigenvalue weighted by atomic mass is 9.83. The maximum atomic E-state index is 11.3. The fraction of sp³-hybridized carbons (Fsp3) is 0.692. The monoisotopic (exact) mass is 300 g/mol. The molecule has 17 heavy (non-hydrogen) atoms. The number of Topliss-reactive ketones (excluding diaryl/α,β-unsaturated/α-hetero) is 1. The van der Waals surface area contributed by atoms with E-state index >= 15 is 0 Å². The Bertz CT molecular complexity index is 421. The predicted octanol–water partition coefficient (Wildman–Crippen LogP) is 3.52. The van der Waals surface area contributed by atoms with Gasteiger partial charge in [-0.2, -0.15) is 5.10 Å². The van der Waals surface area contributed by atoms with Crippen molar-refractivity contribution >= 4 is 21.7 Å². The summed E-state index contributed by atoms with van der Waals surface area (Å²) in [5.74, 6) is 0.241. The maximum absolute atomic E-state index is 11.3. The molecular weight excluding hydrogens is 280 g/mol. The average Bonchev–Trinajstić information content (AvgIpc) is 2.43. The first-order chi connectivity index (χ1) is 7.76. The van der Waals surface area contributed by atoms with Crippen molar-refractivity contribution in [3.63, 3.8) is 0 Å². The highest BCUT2D eigenvalue weighted by molar-refractivity contribution is 9.10. The van der Waals surface area contributed by atoms with Gasteiger partial charge in [-0.3, -0.25) is 4.68 Å². The Hall–Kier alpha value is -0.640. The molecular formula is C13H21BrN2O. The number of carbonyl (C=O) groups is 1. The topological polar surface area (TPSA) is 34.9 Å². The van der Waals surface area contributed by atoms with Crippen LogP contribution in [0.2, 0.25) is 0 Å². The van der Waals surface area contributed by atoms with Gasteiger partial charge in [0.05, 0.1) is 15.9 Å². The Balaban J connectivity index is 2.97. The number of hydrogen-bond donors (Lipinski definition) is 0. The first-order valence-corrected chi connectivity index (χ1v) is 6.77. The number of aryl methyl sites for hydroxylation is 2. The highest BCUT2D eigenvalue weighted by Crippen LogP contribution is 2.31. The van der Waals surface area contributed by atoms with Gasteiger partial charge in [0.2, 0.25) is 0 Å². The summed E-state index contributed by atoms with van der Waals surface area (Å²) < 4.78 is 3.09. The molecule has 0 saturated carbocycles. The van der Waals surface area contributed by atoms with E-state index in [9.17, 15) is 4.79 Å². The van der Waals surface area contributed by atoms with E-state index in [0.717, 1.165) is 23.1 Å². The molecule has 0 radical (unpaired) electrons. The molecule has 0 unspecified atom stereocenters. The van der Waals surface area contributed by atoms with Crippen molar-refractivity contribution < 1.29 is 4.79 Å². The van der Waals surface area contributed by atoms with Gasteiger partial charge in [-0.1, -0.05) is 13.8 Å². The molecule has 0 saturated heterocycles. The lowest BCUT2D eigenvalue weighted by molar-refractivity contribution is -0.118. The Morgan fingerprint density at radius 1 is 1.47 bits per heavy atom. The van der Waals surface area contributed by atoms with Gasteiger partial charge in [-0.05, 0) is 48.5 Å². The van der Waals surface area contributed by atoms with Crippen LogP contribution in [0.15, 0.2) is 4.47 Å². The molecule has 1 rings (SSSR count). The fourth-order valence-corrected chi connectivity index (χ4v) is 2.65. The number of rotatable bonds is 5. The van der Waals surface area contributed by atoms with Crippen molar-refractivity contribution in [1.29, 1.82) is 0 Å². The van der Waals surface area contributed by atoms with Gasteiger partial charge in [-0.15, -0.1) is 0 Å². The molecule has 0 aromatic carbocycles. The molecule has 0 bridgehead atoms. The number of aromatic nitrogens is 2. The molecule has 0 atom stereocenters. The standard InChI is InChI=1S/C13H21BrN2O/c1-6-16-11(12(14)10(3)15-16)8-13(4,5)7-9(2)17/h6-8H2,1-5H3. The second kappa shape index (κ2) is 5.34. The third-order valence-corrected chi connectivity index (χ3v) is 3.86. The quantitative estimate of drug-likeness (QED) is 0.834. The molecule has 96 valence electrons. The lowest BCUT2D eigenvalue weighted by Crippen LogP contribution is -2.21. The van der Waals surface area contributed by atoms with Crippen LogP contribution in [0.4, 0.5) is 0 Å². The van der Waals surface area contributed by atoms with Crippen LogP contribution in [0.25, 0.3) is 0 Å². The maximum Gasteiger partial charge on any atom is 0.130 e. The minimum atomic E-state index is -0.0201. The van der Waals surface area contributed by atoms with Crippen molar-refractivity contribution in [3.05, 3.63) is 15.9 Å². The molecule has 1 aromatic heterocycles. The molecule has 3 nitrogen and oxygen atoms in total. The Morgan fingerprint density at radius 2 is 2.06 bits per heavy atom. The predicted molar refractivity (Wildman–Crippen MR) is 73.1 cm³/mol. The summed E-state index contributed by atoms with van der Waals surface area (Å²) in [6.07, 6.45) is 1.47. The van der Waals surface area contributed by atoms with Crippen LogP contribution in [-0.4, -0.2) is 15.6 Å². The lowest BCUT2D eigenvalue weighted by Gasteiger charge is -2.23. The van der Waals surface area contributed by atoms with E-state index in [1.165, 1.54) is 5.69 Å². The number of hydrogen-bond acceptors (Lipinski definition) is 2. The number of nitrogens with zero attached hydrogens (tertiary/aromatic N) is 2. The zero-order valence-electron chi connectivity index (χ0n) is 11.3. The summed E-state index contributed by atoms with van der Waals surface area (Å²) in [6.45, 7) is 10.8. The van der Waals surface area contributed by atoms with Crippen molar-refractivity contribution in [2.75, 3.05) is 0 Å². The molecule has 1 aromatic rings. The van der Waals surface area contributed by atoms with E-state index in [0.29, 0.717) is 6.42 Å². The first-order valence-electron chi connectivity index (χ1n) is 5.98. The summed E-state index contributed by atoms with van der Waals surface area (Å²) in [7, 11) is 0. The zero-order chi connectivity index (χ0) is 13.2. The SMILES string of the molecule is CCn1nc(C)c(Br)c1CC(C)(C)CC(C)=O. The average molecular weight is 301 g/mol. The van der Waals surface area contributed by atoms with Gasteiger partial charge in [0.15, 0.2) is 0 Å². The molecule has 0 fully saturated rings. The van der Waals surface area contributed by atoms with Crippen LogP contribution in [-0.2, 0) is 17.8 Å². The third kappa shape index (κ3) is 3.66. The van der Waals surface area contributed by atoms with Gasteiger partial charge < -0.3 is 4.79 Å². The molecule has 1 heterocycles. The fourth-order valence-electron chi connectivity index (χ4n) is 2.23. The molecule has 0 N–H and O–H groups in total. The largest absolute Gasteiger partial charge is 0.300 e. The van der Waals surface area contributed by atoms with Crippen LogP contribution in [0, 0.1) is 12.3 Å². The van der Waals surface area contributed by atoms with Gasteiger partial charge in [-0.25, -0.2) is 0 Å². The summed E-state index contributed by atoms with van der Waals surface area (Å²) in [5.41, 5.74) is 2.19. The van der Waals surface area contributed by atoms with Gasteiger partial charge in [0.25, 0.3) is 0 Å². The van der Waals surface area contributed by atoms with Crippen LogP contribution in [0.1, 0.15) is 45.5 Å². The zero-order valence-corrected chi connectivity index (χ0v) is 12.9. The highest BCUT2D eigenvalue weighted by atomic mass is 79.9. The second-order valence-corrected chi connectivity index (χ2v) is 6.17. The van der Waals surface area contributed by atoms with Crippen LogP contribution in [0.5, 0.6) is 0 Å². The van der Waals surface area contributed by atoms with Crippen molar-refractivity contribution in [1.82, 2.24) is 9.78 Å². The summed E-state index contributed by atoms with van der Waals surface area (Å²) in [4.78, 5) is 11.3. The van der Waals surface area contributed by atoms with Crippen LogP contribution < -0.4 is 0 Å². The van der Waals surface area contributed by atoms with Gasteiger partial charge in [0.1, 0.15) is 5.78 Å². The molecule has 0 amide bonds. The summed E-state index contributed by atoms with van der Waals surface area (Å²) >= 11 is 3.59. The minimum absolute atomic E-state index is 0.0201. The smallest absolute Gasteiger partial charge is 0.130 e. The third-order valence-electron chi connectivity index (χ3n) is 2.83. The van der Waals surface area contributed by atoms with Crippen LogP contribution >= 0.6 is 15.9 Å². The summed E-state index contributed by atoms with van der Waals surface area (Å²) in [6, 6.07) is 0. The van der Waals surface area contributed by atoms with Crippen molar-refractivity contribution in [3.8, 4) is 0 Å². The minimum Gasteiger partial charge on any atom is -0.300 e. The van der Waals surface area contributed by atoms with E-state index in [1.807, 2.05) is 11.6 Å². The normalized spacial score (nSPS) is 11.9. The number of ketones is 1. The van der Waals surface area contributed by atoms with Crippen molar-refractivity contribution in [2.45, 2.75) is 54.0 Å². The van der Waals surface area contributed by atoms with E-state index in [-0.39, 0.29) is 11.2 Å². The van der Waals surface area contributed by atoms with E-state index in [1.54, 1.807) is 6.92 Å². The van der Waals surface area contributed by atoms with E-state index < -0.39 is 0 Å². The molecule has 4 heteroatoms. The molecule has 0 aliphatic heterocycles. The van der Waals surface area contributed by atoms with Crippen molar-refractivity contribution in [2.24, 2.45) is 5.41 Å². The van der Waals surface area contributed by atoms with E-state index in [2.05, 4.69) is 41.8 Å².